The van der Waals surface area contributed by atoms with E-state index in [4.69, 9.17) is 0 Å². The first-order valence-corrected chi connectivity index (χ1v) is 8.54. The highest BCUT2D eigenvalue weighted by molar-refractivity contribution is 14.0. The van der Waals surface area contributed by atoms with Gasteiger partial charge in [0.15, 0.2) is 5.96 Å². The first-order valence-electron chi connectivity index (χ1n) is 7.66. The predicted octanol–water partition coefficient (Wildman–Crippen LogP) is 3.50. The fourth-order valence-corrected chi connectivity index (χ4v) is 3.42. The summed E-state index contributed by atoms with van der Waals surface area (Å²) < 4.78 is 0. The van der Waals surface area contributed by atoms with Gasteiger partial charge in [0.05, 0.1) is 5.01 Å². The molecule has 0 atom stereocenters. The maximum Gasteiger partial charge on any atom is 0.191 e. The van der Waals surface area contributed by atoms with E-state index in [0.29, 0.717) is 6.04 Å². The lowest BCUT2D eigenvalue weighted by Crippen LogP contribution is -2.44. The Labute approximate surface area is 149 Å². The van der Waals surface area contributed by atoms with Crippen molar-refractivity contribution in [2.75, 3.05) is 13.6 Å². The molecule has 0 aromatic carbocycles. The summed E-state index contributed by atoms with van der Waals surface area (Å²) in [7, 11) is 1.85. The van der Waals surface area contributed by atoms with Crippen LogP contribution in [0.3, 0.4) is 0 Å². The molecule has 1 fully saturated rings. The monoisotopic (exact) mass is 422 g/mol. The molecule has 1 aliphatic rings. The van der Waals surface area contributed by atoms with Crippen molar-refractivity contribution in [1.82, 2.24) is 15.6 Å². The summed E-state index contributed by atoms with van der Waals surface area (Å²) in [5.41, 5.74) is 1.13. The number of aryl methyl sites for hydroxylation is 2. The first-order chi connectivity index (χ1) is 9.78. The second kappa shape index (κ2) is 10.4. The maximum atomic E-state index is 4.49. The van der Waals surface area contributed by atoms with Crippen molar-refractivity contribution in [1.29, 1.82) is 0 Å². The van der Waals surface area contributed by atoms with Crippen LogP contribution in [0.25, 0.3) is 0 Å². The highest BCUT2D eigenvalue weighted by Crippen LogP contribution is 2.17. The average Bonchev–Trinajstić information content (AvgIpc) is 2.89. The van der Waals surface area contributed by atoms with Crippen molar-refractivity contribution in [3.8, 4) is 0 Å². The molecule has 0 unspecified atom stereocenters. The van der Waals surface area contributed by atoms with E-state index in [1.165, 1.54) is 37.1 Å². The lowest BCUT2D eigenvalue weighted by Gasteiger charge is -2.24. The van der Waals surface area contributed by atoms with E-state index in [2.05, 4.69) is 26.0 Å². The van der Waals surface area contributed by atoms with E-state index < -0.39 is 0 Å². The van der Waals surface area contributed by atoms with E-state index in [9.17, 15) is 0 Å². The van der Waals surface area contributed by atoms with Crippen molar-refractivity contribution in [2.45, 2.75) is 57.9 Å². The molecular formula is C15H27IN4S. The zero-order valence-corrected chi connectivity index (χ0v) is 16.2. The molecular weight excluding hydrogens is 395 g/mol. The lowest BCUT2D eigenvalue weighted by atomic mass is 9.96. The normalized spacial score (nSPS) is 16.4. The zero-order valence-electron chi connectivity index (χ0n) is 13.0. The van der Waals surface area contributed by atoms with Crippen LogP contribution in [0.5, 0.6) is 0 Å². The fraction of sp³-hybridized carbons (Fsp3) is 0.733. The van der Waals surface area contributed by atoms with E-state index >= 15 is 0 Å². The molecule has 0 radical (unpaired) electrons. The van der Waals surface area contributed by atoms with Crippen LogP contribution in [0.15, 0.2) is 10.4 Å². The minimum absolute atomic E-state index is 0. The van der Waals surface area contributed by atoms with Gasteiger partial charge in [-0.05, 0) is 26.2 Å². The van der Waals surface area contributed by atoms with Crippen molar-refractivity contribution in [3.63, 3.8) is 0 Å². The summed E-state index contributed by atoms with van der Waals surface area (Å²) in [5.74, 6) is 0.951. The largest absolute Gasteiger partial charge is 0.356 e. The Kier molecular flexibility index (Phi) is 9.23. The molecule has 120 valence electrons. The summed E-state index contributed by atoms with van der Waals surface area (Å²) >= 11 is 1.76. The van der Waals surface area contributed by atoms with Crippen molar-refractivity contribution in [3.05, 3.63) is 16.1 Å². The topological polar surface area (TPSA) is 49.3 Å². The molecule has 21 heavy (non-hydrogen) atoms. The van der Waals surface area contributed by atoms with Crippen LogP contribution >= 0.6 is 35.3 Å². The van der Waals surface area contributed by atoms with Crippen LogP contribution in [-0.2, 0) is 6.42 Å². The molecule has 0 bridgehead atoms. The molecule has 4 nitrogen and oxygen atoms in total. The molecule has 2 N–H and O–H groups in total. The Hall–Kier alpha value is -0.370. The Morgan fingerprint density at radius 3 is 2.76 bits per heavy atom. The third kappa shape index (κ3) is 6.95. The van der Waals surface area contributed by atoms with E-state index in [0.717, 1.165) is 31.0 Å². The third-order valence-corrected chi connectivity index (χ3v) is 4.72. The van der Waals surface area contributed by atoms with Gasteiger partial charge in [-0.3, -0.25) is 4.99 Å². The molecule has 1 aliphatic carbocycles. The van der Waals surface area contributed by atoms with Crippen LogP contribution in [0.4, 0.5) is 0 Å². The minimum atomic E-state index is 0. The summed E-state index contributed by atoms with van der Waals surface area (Å²) in [6.45, 7) is 3.00. The van der Waals surface area contributed by atoms with Crippen LogP contribution in [0, 0.1) is 6.92 Å². The number of guanidine groups is 1. The van der Waals surface area contributed by atoms with Crippen molar-refractivity contribution >= 4 is 41.3 Å². The summed E-state index contributed by atoms with van der Waals surface area (Å²) in [6, 6.07) is 0.608. The van der Waals surface area contributed by atoms with Gasteiger partial charge >= 0.3 is 0 Å². The summed E-state index contributed by atoms with van der Waals surface area (Å²) in [5, 5.41) is 10.3. The number of thiazole rings is 1. The van der Waals surface area contributed by atoms with Gasteiger partial charge in [-0.2, -0.15) is 0 Å². The molecule has 1 heterocycles. The number of nitrogens with zero attached hydrogens (tertiary/aromatic N) is 2. The Bertz CT molecular complexity index is 427. The average molecular weight is 422 g/mol. The van der Waals surface area contributed by atoms with Crippen LogP contribution in [-0.4, -0.2) is 30.6 Å². The van der Waals surface area contributed by atoms with Gasteiger partial charge in [0.25, 0.3) is 0 Å². The van der Waals surface area contributed by atoms with E-state index in [1.54, 1.807) is 11.3 Å². The molecule has 0 aliphatic heterocycles. The number of hydrogen-bond donors (Lipinski definition) is 2. The van der Waals surface area contributed by atoms with E-state index in [1.807, 2.05) is 14.0 Å². The number of nitrogens with one attached hydrogen (secondary N) is 2. The Balaban J connectivity index is 0.00000220. The molecule has 0 saturated heterocycles. The highest BCUT2D eigenvalue weighted by Gasteiger charge is 2.14. The number of rotatable bonds is 5. The van der Waals surface area contributed by atoms with Gasteiger partial charge in [0.2, 0.25) is 0 Å². The summed E-state index contributed by atoms with van der Waals surface area (Å²) in [6.07, 6.45) is 8.77. The van der Waals surface area contributed by atoms with E-state index in [-0.39, 0.29) is 24.0 Å². The standard InChI is InChI=1S/C15H26N4S.HI/c1-12-11-20-14(18-12)9-6-10-17-15(16-2)19-13-7-4-3-5-8-13;/h11,13H,3-10H2,1-2H3,(H2,16,17,19);1H. The van der Waals surface area contributed by atoms with Gasteiger partial charge < -0.3 is 10.6 Å². The number of aliphatic imine (C=N–C) groups is 1. The van der Waals surface area contributed by atoms with Crippen LogP contribution < -0.4 is 10.6 Å². The van der Waals surface area contributed by atoms with Gasteiger partial charge in [-0.25, -0.2) is 4.98 Å². The second-order valence-corrected chi connectivity index (χ2v) is 6.41. The predicted molar refractivity (Wildman–Crippen MR) is 102 cm³/mol. The van der Waals surface area contributed by atoms with Crippen LogP contribution in [0.2, 0.25) is 0 Å². The molecule has 1 saturated carbocycles. The number of hydrogen-bond acceptors (Lipinski definition) is 3. The smallest absolute Gasteiger partial charge is 0.191 e. The highest BCUT2D eigenvalue weighted by atomic mass is 127. The Morgan fingerprint density at radius 2 is 2.14 bits per heavy atom. The first kappa shape index (κ1) is 18.7. The second-order valence-electron chi connectivity index (χ2n) is 5.46. The quantitative estimate of drug-likeness (QED) is 0.331. The molecule has 0 amide bonds. The van der Waals surface area contributed by atoms with Crippen molar-refractivity contribution in [2.24, 2.45) is 4.99 Å². The van der Waals surface area contributed by atoms with Crippen LogP contribution in [0.1, 0.15) is 49.2 Å². The zero-order chi connectivity index (χ0) is 14.2. The molecule has 1 aromatic heterocycles. The maximum absolute atomic E-state index is 4.49. The Morgan fingerprint density at radius 1 is 1.38 bits per heavy atom. The number of halogens is 1. The summed E-state index contributed by atoms with van der Waals surface area (Å²) in [4.78, 5) is 8.80. The molecule has 0 spiro atoms. The molecule has 6 heteroatoms. The SMILES string of the molecule is CN=C(NCCCc1nc(C)cs1)NC1CCCCC1.I. The molecule has 1 aromatic rings. The van der Waals surface area contributed by atoms with Gasteiger partial charge in [0.1, 0.15) is 0 Å². The molecule has 2 rings (SSSR count). The fourth-order valence-electron chi connectivity index (χ4n) is 2.60. The lowest BCUT2D eigenvalue weighted by molar-refractivity contribution is 0.410. The van der Waals surface area contributed by atoms with Gasteiger partial charge in [0, 0.05) is 37.1 Å². The third-order valence-electron chi connectivity index (χ3n) is 3.70. The van der Waals surface area contributed by atoms with Gasteiger partial charge in [-0.15, -0.1) is 35.3 Å². The minimum Gasteiger partial charge on any atom is -0.356 e. The number of aromatic nitrogens is 1. The van der Waals surface area contributed by atoms with Crippen molar-refractivity contribution < 1.29 is 0 Å². The van der Waals surface area contributed by atoms with Gasteiger partial charge in [-0.1, -0.05) is 19.3 Å².